The maximum absolute atomic E-state index is 10.4. The lowest BCUT2D eigenvalue weighted by Crippen LogP contribution is -2.04. The summed E-state index contributed by atoms with van der Waals surface area (Å²) in [6.45, 7) is 1.90. The van der Waals surface area contributed by atoms with Crippen molar-refractivity contribution in [1.82, 2.24) is 0 Å². The highest BCUT2D eigenvalue weighted by atomic mass is 35.5. The Kier molecular flexibility index (Phi) is 4.26. The summed E-state index contributed by atoms with van der Waals surface area (Å²) in [7, 11) is 0. The SMILES string of the molecule is CCCc1c(O)c(OC(=O)O)cc(Cl)c1Cl. The third-order valence-electron chi connectivity index (χ3n) is 1.95. The standard InChI is InChI=1S/C10H10Cl2O4/c1-2-3-5-8(12)6(11)4-7(9(5)13)16-10(14)15/h4,13H,2-3H2,1H3,(H,14,15). The maximum Gasteiger partial charge on any atom is 0.511 e. The predicted octanol–water partition coefficient (Wildman–Crippen LogP) is 3.71. The molecular weight excluding hydrogens is 255 g/mol. The molecule has 4 nitrogen and oxygen atoms in total. The Morgan fingerprint density at radius 2 is 2.12 bits per heavy atom. The molecule has 0 atom stereocenters. The highest BCUT2D eigenvalue weighted by molar-refractivity contribution is 6.42. The van der Waals surface area contributed by atoms with E-state index in [1.807, 2.05) is 6.92 Å². The number of phenols is 1. The summed E-state index contributed by atoms with van der Waals surface area (Å²) in [6.07, 6.45) is -0.294. The molecule has 2 N–H and O–H groups in total. The molecule has 6 heteroatoms. The fourth-order valence-corrected chi connectivity index (χ4v) is 1.75. The summed E-state index contributed by atoms with van der Waals surface area (Å²) in [5, 5.41) is 18.6. The Morgan fingerprint density at radius 3 is 2.62 bits per heavy atom. The molecule has 0 aliphatic carbocycles. The van der Waals surface area contributed by atoms with Gasteiger partial charge in [0, 0.05) is 11.6 Å². The smallest absolute Gasteiger partial charge is 0.504 e. The van der Waals surface area contributed by atoms with Crippen LogP contribution >= 0.6 is 23.2 Å². The maximum atomic E-state index is 10.4. The lowest BCUT2D eigenvalue weighted by molar-refractivity contribution is 0.143. The van der Waals surface area contributed by atoms with Crippen molar-refractivity contribution < 1.29 is 19.7 Å². The minimum atomic E-state index is -1.52. The van der Waals surface area contributed by atoms with Gasteiger partial charge in [0.15, 0.2) is 11.5 Å². The van der Waals surface area contributed by atoms with Gasteiger partial charge in [-0.25, -0.2) is 4.79 Å². The van der Waals surface area contributed by atoms with Crippen LogP contribution in [0.3, 0.4) is 0 Å². The quantitative estimate of drug-likeness (QED) is 0.645. The van der Waals surface area contributed by atoms with Gasteiger partial charge in [0.1, 0.15) is 0 Å². The van der Waals surface area contributed by atoms with E-state index in [4.69, 9.17) is 28.3 Å². The average molecular weight is 265 g/mol. The average Bonchev–Trinajstić information content (AvgIpc) is 2.20. The number of carboxylic acid groups (broad SMARTS) is 1. The highest BCUT2D eigenvalue weighted by Gasteiger charge is 2.17. The molecule has 0 bridgehead atoms. The normalized spacial score (nSPS) is 10.2. The van der Waals surface area contributed by atoms with Crippen LogP contribution in [0.4, 0.5) is 4.79 Å². The second kappa shape index (κ2) is 5.27. The lowest BCUT2D eigenvalue weighted by atomic mass is 10.1. The lowest BCUT2D eigenvalue weighted by Gasteiger charge is -2.11. The minimum Gasteiger partial charge on any atom is -0.504 e. The van der Waals surface area contributed by atoms with Crippen LogP contribution < -0.4 is 4.74 Å². The number of carbonyl (C=O) groups is 1. The number of hydrogen-bond donors (Lipinski definition) is 2. The van der Waals surface area contributed by atoms with E-state index in [2.05, 4.69) is 4.74 Å². The molecule has 0 aliphatic rings. The van der Waals surface area contributed by atoms with Crippen LogP contribution in [0.1, 0.15) is 18.9 Å². The van der Waals surface area contributed by atoms with Crippen LogP contribution in [0.2, 0.25) is 10.0 Å². The van der Waals surface area contributed by atoms with Crippen molar-refractivity contribution in [3.8, 4) is 11.5 Å². The first-order chi connectivity index (χ1) is 7.47. The molecule has 0 fully saturated rings. The van der Waals surface area contributed by atoms with E-state index in [0.717, 1.165) is 6.42 Å². The molecule has 0 saturated carbocycles. The van der Waals surface area contributed by atoms with Crippen LogP contribution in [0.5, 0.6) is 11.5 Å². The Labute approximate surface area is 102 Å². The van der Waals surface area contributed by atoms with Crippen LogP contribution in [0.15, 0.2) is 6.07 Å². The number of aromatic hydroxyl groups is 1. The van der Waals surface area contributed by atoms with Gasteiger partial charge in [0.05, 0.1) is 10.0 Å². The second-order valence-electron chi connectivity index (χ2n) is 3.12. The molecule has 0 spiro atoms. The first-order valence-corrected chi connectivity index (χ1v) is 5.33. The number of benzene rings is 1. The van der Waals surface area contributed by atoms with Gasteiger partial charge in [-0.05, 0) is 6.42 Å². The zero-order chi connectivity index (χ0) is 12.3. The summed E-state index contributed by atoms with van der Waals surface area (Å²) >= 11 is 11.7. The molecule has 1 aromatic rings. The Balaban J connectivity index is 3.26. The van der Waals surface area contributed by atoms with Gasteiger partial charge in [-0.1, -0.05) is 36.5 Å². The summed E-state index contributed by atoms with van der Waals surface area (Å²) in [6, 6.07) is 1.17. The molecule has 0 saturated heterocycles. The third kappa shape index (κ3) is 2.71. The van der Waals surface area contributed by atoms with Crippen LogP contribution in [-0.4, -0.2) is 16.4 Å². The molecule has 0 radical (unpaired) electrons. The molecule has 0 aromatic heterocycles. The van der Waals surface area contributed by atoms with E-state index >= 15 is 0 Å². The summed E-state index contributed by atoms with van der Waals surface area (Å²) in [5.41, 5.74) is 0.396. The zero-order valence-electron chi connectivity index (χ0n) is 8.46. The molecule has 1 aromatic carbocycles. The predicted molar refractivity (Wildman–Crippen MR) is 60.8 cm³/mol. The molecular formula is C10H10Cl2O4. The molecule has 0 unspecified atom stereocenters. The van der Waals surface area contributed by atoms with Crippen LogP contribution in [-0.2, 0) is 6.42 Å². The van der Waals surface area contributed by atoms with E-state index in [0.29, 0.717) is 12.0 Å². The topological polar surface area (TPSA) is 66.8 Å². The fourth-order valence-electron chi connectivity index (χ4n) is 1.29. The third-order valence-corrected chi connectivity index (χ3v) is 2.78. The molecule has 0 aliphatic heterocycles. The van der Waals surface area contributed by atoms with Crippen molar-refractivity contribution >= 4 is 29.4 Å². The van der Waals surface area contributed by atoms with Crippen LogP contribution in [0.25, 0.3) is 0 Å². The van der Waals surface area contributed by atoms with Gasteiger partial charge in [-0.15, -0.1) is 0 Å². The monoisotopic (exact) mass is 264 g/mol. The Bertz CT molecular complexity index is 418. The fraction of sp³-hybridized carbons (Fsp3) is 0.300. The van der Waals surface area contributed by atoms with Crippen molar-refractivity contribution in [1.29, 1.82) is 0 Å². The van der Waals surface area contributed by atoms with E-state index in [1.54, 1.807) is 0 Å². The zero-order valence-corrected chi connectivity index (χ0v) is 9.97. The minimum absolute atomic E-state index is 0.152. The number of hydrogen-bond acceptors (Lipinski definition) is 3. The van der Waals surface area contributed by atoms with Crippen molar-refractivity contribution in [3.63, 3.8) is 0 Å². The van der Waals surface area contributed by atoms with Crippen molar-refractivity contribution in [2.45, 2.75) is 19.8 Å². The van der Waals surface area contributed by atoms with Gasteiger partial charge in [0.25, 0.3) is 0 Å². The van der Waals surface area contributed by atoms with Gasteiger partial charge in [0.2, 0.25) is 0 Å². The largest absolute Gasteiger partial charge is 0.511 e. The van der Waals surface area contributed by atoms with E-state index in [-0.39, 0.29) is 21.5 Å². The molecule has 16 heavy (non-hydrogen) atoms. The van der Waals surface area contributed by atoms with Crippen molar-refractivity contribution in [3.05, 3.63) is 21.7 Å². The first kappa shape index (κ1) is 12.9. The summed E-state index contributed by atoms with van der Waals surface area (Å²) in [4.78, 5) is 10.4. The summed E-state index contributed by atoms with van der Waals surface area (Å²) in [5.74, 6) is -0.482. The second-order valence-corrected chi connectivity index (χ2v) is 3.90. The number of ether oxygens (including phenoxy) is 1. The van der Waals surface area contributed by atoms with Gasteiger partial charge in [-0.3, -0.25) is 0 Å². The number of rotatable bonds is 3. The Hall–Kier alpha value is -1.13. The number of phenolic OH excluding ortho intramolecular Hbond substituents is 1. The molecule has 1 rings (SSSR count). The van der Waals surface area contributed by atoms with Gasteiger partial charge >= 0.3 is 6.16 Å². The number of halogens is 2. The van der Waals surface area contributed by atoms with E-state index < -0.39 is 6.16 Å². The molecule has 88 valence electrons. The van der Waals surface area contributed by atoms with Crippen LogP contribution in [0, 0.1) is 0 Å². The molecule has 0 heterocycles. The first-order valence-electron chi connectivity index (χ1n) is 4.58. The molecule has 0 amide bonds. The van der Waals surface area contributed by atoms with Crippen molar-refractivity contribution in [2.24, 2.45) is 0 Å². The van der Waals surface area contributed by atoms with E-state index in [9.17, 15) is 9.90 Å². The van der Waals surface area contributed by atoms with Gasteiger partial charge < -0.3 is 14.9 Å². The summed E-state index contributed by atoms with van der Waals surface area (Å²) < 4.78 is 4.39. The van der Waals surface area contributed by atoms with Crippen molar-refractivity contribution in [2.75, 3.05) is 0 Å². The highest BCUT2D eigenvalue weighted by Crippen LogP contribution is 2.40. The van der Waals surface area contributed by atoms with Gasteiger partial charge in [-0.2, -0.15) is 0 Å². The Morgan fingerprint density at radius 1 is 1.50 bits per heavy atom. The van der Waals surface area contributed by atoms with E-state index in [1.165, 1.54) is 6.07 Å².